The number of anilines is 1. The van der Waals surface area contributed by atoms with Gasteiger partial charge < -0.3 is 20.7 Å². The molecule has 0 saturated heterocycles. The van der Waals surface area contributed by atoms with Crippen molar-refractivity contribution in [2.75, 3.05) is 5.32 Å². The number of terminal acetylenes is 1. The highest BCUT2D eigenvalue weighted by molar-refractivity contribution is 5.99. The highest BCUT2D eigenvalue weighted by atomic mass is 16.4. The maximum Gasteiger partial charge on any atom is 0.354 e. The molecule has 0 radical (unpaired) electrons. The van der Waals surface area contributed by atoms with E-state index in [2.05, 4.69) is 21.5 Å². The number of hydrogen-bond donors (Lipinski definition) is 4. The molecule has 6 nitrogen and oxygen atoms in total. The molecule has 1 aromatic rings. The minimum atomic E-state index is -1.14. The molecule has 1 atom stereocenters. The highest BCUT2D eigenvalue weighted by Gasteiger charge is 2.16. The Balaban J connectivity index is 2.76. The Morgan fingerprint density at radius 3 is 2.78 bits per heavy atom. The summed E-state index contributed by atoms with van der Waals surface area (Å²) in [5, 5.41) is 13.9. The molecule has 96 valence electrons. The van der Waals surface area contributed by atoms with Gasteiger partial charge in [-0.15, -0.1) is 6.42 Å². The minimum Gasteiger partial charge on any atom is -0.477 e. The first-order valence-electron chi connectivity index (χ1n) is 5.44. The number of aromatic nitrogens is 1. The van der Waals surface area contributed by atoms with Gasteiger partial charge in [-0.25, -0.2) is 9.59 Å². The third kappa shape index (κ3) is 3.28. The summed E-state index contributed by atoms with van der Waals surface area (Å²) in [6, 6.07) is 0.638. The molecule has 1 aromatic heterocycles. The van der Waals surface area contributed by atoms with Crippen molar-refractivity contribution in [3.63, 3.8) is 0 Å². The molecule has 0 aliphatic carbocycles. The first kappa shape index (κ1) is 13.6. The number of urea groups is 1. The van der Waals surface area contributed by atoms with Crippen molar-refractivity contribution in [3.05, 3.63) is 17.5 Å². The van der Waals surface area contributed by atoms with Gasteiger partial charge in [0, 0.05) is 5.69 Å². The van der Waals surface area contributed by atoms with Gasteiger partial charge in [0.1, 0.15) is 5.69 Å². The van der Waals surface area contributed by atoms with Gasteiger partial charge in [-0.1, -0.05) is 12.8 Å². The summed E-state index contributed by atoms with van der Waals surface area (Å²) in [6.07, 6.45) is 5.81. The summed E-state index contributed by atoms with van der Waals surface area (Å²) >= 11 is 0. The van der Waals surface area contributed by atoms with Crippen LogP contribution in [-0.4, -0.2) is 28.1 Å². The molecule has 0 fully saturated rings. The molecular weight excluding hydrogens is 234 g/mol. The van der Waals surface area contributed by atoms with Gasteiger partial charge in [-0.05, 0) is 19.4 Å². The molecule has 6 heteroatoms. The Labute approximate surface area is 105 Å². The van der Waals surface area contributed by atoms with E-state index in [-0.39, 0.29) is 17.4 Å². The van der Waals surface area contributed by atoms with Crippen LogP contribution in [0.5, 0.6) is 0 Å². The summed E-state index contributed by atoms with van der Waals surface area (Å²) in [5.41, 5.74) is 0.799. The number of nitrogens with one attached hydrogen (secondary N) is 3. The molecule has 0 bridgehead atoms. The average molecular weight is 249 g/mol. The van der Waals surface area contributed by atoms with Crippen LogP contribution in [0.15, 0.2) is 6.07 Å². The smallest absolute Gasteiger partial charge is 0.354 e. The molecule has 0 saturated carbocycles. The van der Waals surface area contributed by atoms with E-state index in [1.807, 2.05) is 6.92 Å². The molecule has 18 heavy (non-hydrogen) atoms. The summed E-state index contributed by atoms with van der Waals surface area (Å²) in [6.45, 7) is 3.54. The monoisotopic (exact) mass is 249 g/mol. The number of carbonyl (C=O) groups excluding carboxylic acids is 1. The van der Waals surface area contributed by atoms with Crippen molar-refractivity contribution >= 4 is 17.7 Å². The Morgan fingerprint density at radius 2 is 2.28 bits per heavy atom. The number of carboxylic acids is 1. The zero-order valence-electron chi connectivity index (χ0n) is 10.2. The second kappa shape index (κ2) is 5.77. The van der Waals surface area contributed by atoms with Gasteiger partial charge in [-0.2, -0.15) is 0 Å². The Bertz CT molecular complexity index is 499. The Hall–Kier alpha value is -2.42. The van der Waals surface area contributed by atoms with Crippen LogP contribution in [0.4, 0.5) is 10.5 Å². The van der Waals surface area contributed by atoms with Crippen LogP contribution >= 0.6 is 0 Å². The molecule has 1 heterocycles. The predicted octanol–water partition coefficient (Wildman–Crippen LogP) is 1.55. The minimum absolute atomic E-state index is 0.0589. The average Bonchev–Trinajstić information content (AvgIpc) is 2.67. The third-order valence-corrected chi connectivity index (χ3v) is 2.33. The van der Waals surface area contributed by atoms with E-state index in [4.69, 9.17) is 11.5 Å². The summed E-state index contributed by atoms with van der Waals surface area (Å²) < 4.78 is 0. The van der Waals surface area contributed by atoms with Crippen molar-refractivity contribution in [3.8, 4) is 12.3 Å². The molecule has 0 aromatic carbocycles. The summed E-state index contributed by atoms with van der Waals surface area (Å²) in [4.78, 5) is 25.2. The lowest BCUT2D eigenvalue weighted by atomic mass is 10.2. The molecule has 0 aliphatic rings. The fourth-order valence-corrected chi connectivity index (χ4v) is 1.43. The molecule has 0 aliphatic heterocycles. The zero-order valence-corrected chi connectivity index (χ0v) is 10.2. The topological polar surface area (TPSA) is 94.2 Å². The normalized spacial score (nSPS) is 11.4. The van der Waals surface area contributed by atoms with Gasteiger partial charge in [0.25, 0.3) is 0 Å². The number of aromatic carboxylic acids is 1. The lowest BCUT2D eigenvalue weighted by Crippen LogP contribution is -2.36. The van der Waals surface area contributed by atoms with Crippen molar-refractivity contribution < 1.29 is 14.7 Å². The second-order valence-electron chi connectivity index (χ2n) is 3.77. The summed E-state index contributed by atoms with van der Waals surface area (Å²) in [7, 11) is 0. The van der Waals surface area contributed by atoms with Crippen LogP contribution in [0, 0.1) is 19.3 Å². The lowest BCUT2D eigenvalue weighted by molar-refractivity contribution is 0.0692. The van der Waals surface area contributed by atoms with Gasteiger partial charge in [-0.3, -0.25) is 0 Å². The third-order valence-electron chi connectivity index (χ3n) is 2.33. The summed E-state index contributed by atoms with van der Waals surface area (Å²) in [5.74, 6) is 1.28. The number of aryl methyl sites for hydroxylation is 1. The maximum atomic E-state index is 11.6. The maximum absolute atomic E-state index is 11.6. The van der Waals surface area contributed by atoms with E-state index in [1.54, 1.807) is 13.0 Å². The Kier molecular flexibility index (Phi) is 4.38. The first-order valence-corrected chi connectivity index (χ1v) is 5.44. The zero-order chi connectivity index (χ0) is 13.7. The van der Waals surface area contributed by atoms with E-state index in [9.17, 15) is 9.59 Å². The van der Waals surface area contributed by atoms with E-state index in [0.29, 0.717) is 12.1 Å². The number of carbonyl (C=O) groups is 2. The molecule has 2 amide bonds. The fourth-order valence-electron chi connectivity index (χ4n) is 1.43. The number of aromatic amines is 1. The number of carboxylic acid groups (broad SMARTS) is 1. The standard InChI is InChI=1S/C12H15N3O3/c1-4-8(5-2)14-12(18)15-9-6-7(3)13-10(9)11(16)17/h1,6,8,13H,5H2,2-3H3,(H,16,17)(H2,14,15,18). The number of H-pyrrole nitrogens is 1. The number of rotatable bonds is 4. The van der Waals surface area contributed by atoms with E-state index < -0.39 is 12.0 Å². The van der Waals surface area contributed by atoms with E-state index in [1.165, 1.54) is 0 Å². The van der Waals surface area contributed by atoms with Crippen LogP contribution in [0.1, 0.15) is 29.5 Å². The first-order chi connectivity index (χ1) is 8.47. The van der Waals surface area contributed by atoms with Crippen LogP contribution in [0.3, 0.4) is 0 Å². The molecule has 4 N–H and O–H groups in total. The molecule has 1 unspecified atom stereocenters. The van der Waals surface area contributed by atoms with E-state index in [0.717, 1.165) is 0 Å². The van der Waals surface area contributed by atoms with Crippen LogP contribution < -0.4 is 10.6 Å². The second-order valence-corrected chi connectivity index (χ2v) is 3.77. The van der Waals surface area contributed by atoms with Crippen molar-refractivity contribution in [1.82, 2.24) is 10.3 Å². The lowest BCUT2D eigenvalue weighted by Gasteiger charge is -2.11. The quantitative estimate of drug-likeness (QED) is 0.610. The van der Waals surface area contributed by atoms with Crippen molar-refractivity contribution in [2.24, 2.45) is 0 Å². The largest absolute Gasteiger partial charge is 0.477 e. The van der Waals surface area contributed by atoms with Crippen LogP contribution in [-0.2, 0) is 0 Å². The van der Waals surface area contributed by atoms with Gasteiger partial charge in [0.15, 0.2) is 0 Å². The number of hydrogen-bond acceptors (Lipinski definition) is 2. The fraction of sp³-hybridized carbons (Fsp3) is 0.333. The van der Waals surface area contributed by atoms with Crippen molar-refractivity contribution in [1.29, 1.82) is 0 Å². The van der Waals surface area contributed by atoms with Crippen molar-refractivity contribution in [2.45, 2.75) is 26.3 Å². The van der Waals surface area contributed by atoms with Gasteiger partial charge >= 0.3 is 12.0 Å². The predicted molar refractivity (Wildman–Crippen MR) is 67.6 cm³/mol. The molecular formula is C12H15N3O3. The number of amides is 2. The Morgan fingerprint density at radius 1 is 1.61 bits per heavy atom. The van der Waals surface area contributed by atoms with Crippen LogP contribution in [0.2, 0.25) is 0 Å². The van der Waals surface area contributed by atoms with Crippen LogP contribution in [0.25, 0.3) is 0 Å². The molecule has 0 spiro atoms. The SMILES string of the molecule is C#CC(CC)NC(=O)Nc1cc(C)[nH]c1C(=O)O. The van der Waals surface area contributed by atoms with Gasteiger partial charge in [0.2, 0.25) is 0 Å². The van der Waals surface area contributed by atoms with Gasteiger partial charge in [0.05, 0.1) is 11.7 Å². The highest BCUT2D eigenvalue weighted by Crippen LogP contribution is 2.16. The molecule has 1 rings (SSSR count). The van der Waals surface area contributed by atoms with E-state index >= 15 is 0 Å².